The highest BCUT2D eigenvalue weighted by molar-refractivity contribution is 6.10. The number of halogens is 1. The van der Waals surface area contributed by atoms with Gasteiger partial charge < -0.3 is 4.84 Å². The van der Waals surface area contributed by atoms with Gasteiger partial charge in [-0.3, -0.25) is 9.59 Å². The molecule has 1 spiro atoms. The van der Waals surface area contributed by atoms with E-state index in [0.29, 0.717) is 12.8 Å². The summed E-state index contributed by atoms with van der Waals surface area (Å²) in [6, 6.07) is 10.4. The Hall–Kier alpha value is -2.37. The van der Waals surface area contributed by atoms with E-state index >= 15 is 0 Å². The van der Waals surface area contributed by atoms with Crippen LogP contribution in [0.4, 0.5) is 4.39 Å². The van der Waals surface area contributed by atoms with Gasteiger partial charge in [-0.2, -0.15) is 5.06 Å². The van der Waals surface area contributed by atoms with Gasteiger partial charge >= 0.3 is 0 Å². The number of hydrogen-bond donors (Lipinski definition) is 0. The second-order valence-corrected chi connectivity index (χ2v) is 8.86. The van der Waals surface area contributed by atoms with Crippen LogP contribution in [-0.2, 0) is 14.4 Å². The fourth-order valence-corrected chi connectivity index (χ4v) is 5.24. The number of piperidine rings is 1. The fourth-order valence-electron chi connectivity index (χ4n) is 5.24. The Morgan fingerprint density at radius 2 is 1.47 bits per heavy atom. The van der Waals surface area contributed by atoms with Gasteiger partial charge in [0, 0.05) is 25.9 Å². The molecular weight excluding hydrogens is 381 g/mol. The summed E-state index contributed by atoms with van der Waals surface area (Å²) in [6.07, 6.45) is 2.54. The number of rotatable bonds is 3. The third kappa shape index (κ3) is 3.84. The summed E-state index contributed by atoms with van der Waals surface area (Å²) in [5, 5.41) is 1.90. The predicted molar refractivity (Wildman–Crippen MR) is 114 cm³/mol. The highest BCUT2D eigenvalue weighted by Crippen LogP contribution is 2.46. The molecule has 1 heterocycles. The van der Waals surface area contributed by atoms with E-state index in [4.69, 9.17) is 4.84 Å². The third-order valence-electron chi connectivity index (χ3n) is 6.84. The number of Topliss-reactive ketones (excluding diaryl/α,β-unsaturated/α-hetero) is 2. The van der Waals surface area contributed by atoms with Crippen molar-refractivity contribution in [3.8, 4) is 11.1 Å². The Balaban J connectivity index is 1.61. The quantitative estimate of drug-likeness (QED) is 0.685. The van der Waals surface area contributed by atoms with Crippen molar-refractivity contribution in [1.82, 2.24) is 5.06 Å². The summed E-state index contributed by atoms with van der Waals surface area (Å²) >= 11 is 0. The molecule has 30 heavy (non-hydrogen) atoms. The minimum Gasteiger partial charge on any atom is -0.302 e. The van der Waals surface area contributed by atoms with E-state index in [1.165, 1.54) is 12.1 Å². The number of hydrogen-bond acceptors (Lipinski definition) is 4. The van der Waals surface area contributed by atoms with Crippen LogP contribution in [0.2, 0.25) is 0 Å². The average Bonchev–Trinajstić information content (AvgIpc) is 2.70. The summed E-state index contributed by atoms with van der Waals surface area (Å²) in [4.78, 5) is 31.7. The lowest BCUT2D eigenvalue weighted by molar-refractivity contribution is -0.166. The van der Waals surface area contributed by atoms with E-state index in [1.807, 2.05) is 31.0 Å². The topological polar surface area (TPSA) is 46.6 Å². The van der Waals surface area contributed by atoms with Crippen molar-refractivity contribution in [2.24, 2.45) is 5.41 Å². The summed E-state index contributed by atoms with van der Waals surface area (Å²) in [6.45, 7) is 5.42. The van der Waals surface area contributed by atoms with Crippen molar-refractivity contribution in [1.29, 1.82) is 0 Å². The van der Waals surface area contributed by atoms with E-state index in [-0.39, 0.29) is 22.8 Å². The Kier molecular flexibility index (Phi) is 5.60. The maximum Gasteiger partial charge on any atom is 0.148 e. The smallest absolute Gasteiger partial charge is 0.148 e. The Labute approximate surface area is 177 Å². The zero-order chi connectivity index (χ0) is 21.5. The van der Waals surface area contributed by atoms with Crippen LogP contribution >= 0.6 is 0 Å². The molecule has 2 aliphatic rings. The molecule has 2 aromatic rings. The number of carbonyl (C=O) groups excluding carboxylic acids is 2. The van der Waals surface area contributed by atoms with Crippen LogP contribution in [0.1, 0.15) is 48.3 Å². The Morgan fingerprint density at radius 1 is 0.933 bits per heavy atom. The first-order valence-electron chi connectivity index (χ1n) is 10.5. The maximum absolute atomic E-state index is 13.3. The van der Waals surface area contributed by atoms with Gasteiger partial charge in [0.15, 0.2) is 0 Å². The number of carbonyl (C=O) groups is 2. The highest BCUT2D eigenvalue weighted by atomic mass is 19.1. The number of nitrogens with zero attached hydrogens (tertiary/aromatic N) is 1. The zero-order valence-electron chi connectivity index (χ0n) is 17.8. The van der Waals surface area contributed by atoms with Gasteiger partial charge in [-0.15, -0.1) is 0 Å². The molecule has 5 heteroatoms. The molecule has 1 aliphatic heterocycles. The molecule has 158 valence electrons. The van der Waals surface area contributed by atoms with Crippen molar-refractivity contribution in [2.45, 2.75) is 45.4 Å². The lowest BCUT2D eigenvalue weighted by atomic mass is 9.63. The zero-order valence-corrected chi connectivity index (χ0v) is 17.8. The van der Waals surface area contributed by atoms with Gasteiger partial charge in [0.05, 0.1) is 7.11 Å². The lowest BCUT2D eigenvalue weighted by Crippen LogP contribution is -2.46. The molecule has 0 unspecified atom stereocenters. The van der Waals surface area contributed by atoms with E-state index in [2.05, 4.69) is 0 Å². The van der Waals surface area contributed by atoms with Crippen molar-refractivity contribution < 1.29 is 18.8 Å². The molecule has 0 radical (unpaired) electrons. The van der Waals surface area contributed by atoms with Gasteiger partial charge in [-0.05, 0) is 72.1 Å². The fraction of sp³-hybridized carbons (Fsp3) is 0.440. The Bertz CT molecular complexity index is 931. The molecule has 1 saturated carbocycles. The van der Waals surface area contributed by atoms with Crippen molar-refractivity contribution in [3.63, 3.8) is 0 Å². The number of hydroxylamine groups is 2. The molecule has 0 aromatic heterocycles. The molecule has 0 atom stereocenters. The van der Waals surface area contributed by atoms with Crippen LogP contribution in [0.5, 0.6) is 0 Å². The molecule has 0 N–H and O–H groups in total. The van der Waals surface area contributed by atoms with Crippen molar-refractivity contribution >= 4 is 11.6 Å². The maximum atomic E-state index is 13.3. The second-order valence-electron chi connectivity index (χ2n) is 8.86. The van der Waals surface area contributed by atoms with E-state index in [9.17, 15) is 14.0 Å². The minimum atomic E-state index is -0.668. The van der Waals surface area contributed by atoms with Crippen LogP contribution in [-0.4, -0.2) is 36.8 Å². The average molecular weight is 410 g/mol. The van der Waals surface area contributed by atoms with Gasteiger partial charge in [0.1, 0.15) is 23.3 Å². The molecule has 4 rings (SSSR count). The van der Waals surface area contributed by atoms with Gasteiger partial charge in [0.25, 0.3) is 0 Å². The largest absolute Gasteiger partial charge is 0.302 e. The molecular formula is C25H28FNO3. The van der Waals surface area contributed by atoms with Crippen LogP contribution in [0.3, 0.4) is 0 Å². The van der Waals surface area contributed by atoms with Crippen molar-refractivity contribution in [3.05, 3.63) is 58.9 Å². The molecule has 1 saturated heterocycles. The third-order valence-corrected chi connectivity index (χ3v) is 6.84. The van der Waals surface area contributed by atoms with E-state index < -0.39 is 5.92 Å². The summed E-state index contributed by atoms with van der Waals surface area (Å²) in [5.74, 6) is -0.860. The first-order valence-corrected chi connectivity index (χ1v) is 10.5. The number of benzene rings is 2. The molecule has 0 bridgehead atoms. The predicted octanol–water partition coefficient (Wildman–Crippen LogP) is 4.77. The van der Waals surface area contributed by atoms with Gasteiger partial charge in [0.2, 0.25) is 0 Å². The Morgan fingerprint density at radius 3 is 1.97 bits per heavy atom. The molecule has 2 fully saturated rings. The standard InChI is InChI=1S/C25H28FNO3/c1-16-12-19(18-4-6-20(26)7-5-18)13-17(2)23(16)24-21(28)14-25(15-22(24)29)8-10-27(30-3)11-9-25/h4-7,12-13,24H,8-11,14-15H2,1-3H3. The SMILES string of the molecule is CON1CCC2(CC1)CC(=O)C(c1c(C)cc(-c3ccc(F)cc3)cc1C)C(=O)C2. The highest BCUT2D eigenvalue weighted by Gasteiger charge is 2.47. The normalized spacial score (nSPS) is 20.1. The molecule has 2 aromatic carbocycles. The number of aryl methyl sites for hydroxylation is 2. The van der Waals surface area contributed by atoms with E-state index in [0.717, 1.165) is 53.7 Å². The monoisotopic (exact) mass is 409 g/mol. The van der Waals surface area contributed by atoms with E-state index in [1.54, 1.807) is 19.2 Å². The second kappa shape index (κ2) is 8.05. The van der Waals surface area contributed by atoms with Crippen LogP contribution in [0.15, 0.2) is 36.4 Å². The number of ketones is 2. The lowest BCUT2D eigenvalue weighted by Gasteiger charge is -2.44. The van der Waals surface area contributed by atoms with Gasteiger partial charge in [-0.1, -0.05) is 24.3 Å². The van der Waals surface area contributed by atoms with Crippen LogP contribution in [0.25, 0.3) is 11.1 Å². The minimum absolute atomic E-state index is 0.0397. The first kappa shape index (κ1) is 20.9. The molecule has 4 nitrogen and oxygen atoms in total. The van der Waals surface area contributed by atoms with Gasteiger partial charge in [-0.25, -0.2) is 4.39 Å². The molecule has 0 amide bonds. The summed E-state index contributed by atoms with van der Waals surface area (Å²) < 4.78 is 13.3. The van der Waals surface area contributed by atoms with Crippen LogP contribution < -0.4 is 0 Å². The van der Waals surface area contributed by atoms with Crippen molar-refractivity contribution in [2.75, 3.05) is 20.2 Å². The summed E-state index contributed by atoms with van der Waals surface area (Å²) in [5.41, 5.74) is 4.39. The van der Waals surface area contributed by atoms with Crippen LogP contribution in [0, 0.1) is 25.1 Å². The summed E-state index contributed by atoms with van der Waals surface area (Å²) in [7, 11) is 1.66. The molecule has 1 aliphatic carbocycles. The first-order chi connectivity index (χ1) is 14.3.